The molecule has 3 aromatic carbocycles. The van der Waals surface area contributed by atoms with E-state index in [4.69, 9.17) is 10.5 Å². The van der Waals surface area contributed by atoms with E-state index in [0.717, 1.165) is 5.56 Å². The summed E-state index contributed by atoms with van der Waals surface area (Å²) < 4.78 is 6.63. The van der Waals surface area contributed by atoms with Crippen molar-refractivity contribution in [2.24, 2.45) is 5.92 Å². The fraction of sp³-hybridized carbons (Fsp3) is 0.278. The molecule has 0 bridgehead atoms. The monoisotopic (exact) mass is 636 g/mol. The fourth-order valence-electron chi connectivity index (χ4n) is 5.51. The summed E-state index contributed by atoms with van der Waals surface area (Å²) in [5.74, 6) is -0.718. The smallest absolute Gasteiger partial charge is 0.258 e. The number of carbonyl (C=O) groups excluding carboxylic acids is 3. The average Bonchev–Trinajstić information content (AvgIpc) is 3.08. The normalized spacial score (nSPS) is 16.8. The molecule has 47 heavy (non-hydrogen) atoms. The predicted octanol–water partition coefficient (Wildman–Crippen LogP) is 4.52. The van der Waals surface area contributed by atoms with Gasteiger partial charge in [0, 0.05) is 49.1 Å². The third-order valence-corrected chi connectivity index (χ3v) is 8.25. The first-order valence-electron chi connectivity index (χ1n) is 15.5. The summed E-state index contributed by atoms with van der Waals surface area (Å²) >= 11 is 0. The molecule has 0 saturated heterocycles. The molecule has 5 N–H and O–H groups in total. The first-order valence-corrected chi connectivity index (χ1v) is 15.5. The Bertz CT molecular complexity index is 1710. The van der Waals surface area contributed by atoms with E-state index in [1.165, 1.54) is 12.4 Å². The van der Waals surface area contributed by atoms with Crippen LogP contribution in [0.4, 0.5) is 17.1 Å². The molecular weight excluding hydrogens is 596 g/mol. The minimum atomic E-state index is -0.418. The van der Waals surface area contributed by atoms with Crippen molar-refractivity contribution in [1.82, 2.24) is 14.8 Å². The van der Waals surface area contributed by atoms with Crippen LogP contribution in [0.15, 0.2) is 91.3 Å². The number of likely N-dealkylation sites (N-methyl/N-ethyl adjacent to an activating group) is 1. The highest BCUT2D eigenvalue weighted by molar-refractivity contribution is 6.07. The molecule has 3 atom stereocenters. The lowest BCUT2D eigenvalue weighted by atomic mass is 9.98. The van der Waals surface area contributed by atoms with Crippen molar-refractivity contribution in [3.8, 4) is 5.75 Å². The van der Waals surface area contributed by atoms with Gasteiger partial charge < -0.3 is 31.1 Å². The molecule has 0 fully saturated rings. The molecular formula is C36H40N6O5. The zero-order valence-corrected chi connectivity index (χ0v) is 26.7. The molecule has 3 amide bonds. The van der Waals surface area contributed by atoms with E-state index in [0.29, 0.717) is 53.4 Å². The second kappa shape index (κ2) is 14.9. The number of nitrogens with two attached hydrogens (primary N) is 1. The van der Waals surface area contributed by atoms with Crippen molar-refractivity contribution >= 4 is 34.8 Å². The second-order valence-electron chi connectivity index (χ2n) is 11.9. The number of amides is 3. The number of pyridine rings is 1. The van der Waals surface area contributed by atoms with Crippen LogP contribution in [0.1, 0.15) is 50.5 Å². The average molecular weight is 637 g/mol. The Morgan fingerprint density at radius 2 is 1.62 bits per heavy atom. The van der Waals surface area contributed by atoms with Gasteiger partial charge in [0.25, 0.3) is 17.7 Å². The molecule has 0 spiro atoms. The Kier molecular flexibility index (Phi) is 10.5. The Labute approximate surface area is 274 Å². The lowest BCUT2D eigenvalue weighted by Gasteiger charge is -2.38. The zero-order chi connectivity index (χ0) is 33.5. The Balaban J connectivity index is 1.34. The fourth-order valence-corrected chi connectivity index (χ4v) is 5.51. The van der Waals surface area contributed by atoms with Crippen molar-refractivity contribution in [2.45, 2.75) is 32.5 Å². The van der Waals surface area contributed by atoms with Gasteiger partial charge in [-0.3, -0.25) is 24.3 Å². The number of fused-ring (bicyclic) bond motifs is 1. The summed E-state index contributed by atoms with van der Waals surface area (Å²) in [5.41, 5.74) is 9.63. The van der Waals surface area contributed by atoms with Crippen LogP contribution in [-0.2, 0) is 6.54 Å². The third kappa shape index (κ3) is 7.94. The van der Waals surface area contributed by atoms with Gasteiger partial charge in [-0.05, 0) is 68.1 Å². The van der Waals surface area contributed by atoms with E-state index < -0.39 is 6.04 Å². The van der Waals surface area contributed by atoms with Gasteiger partial charge >= 0.3 is 0 Å². The molecule has 0 saturated carbocycles. The van der Waals surface area contributed by atoms with E-state index in [1.54, 1.807) is 59.5 Å². The Hall–Kier alpha value is -5.26. The molecule has 0 aliphatic carbocycles. The number of nitrogens with one attached hydrogen (secondary N) is 2. The number of anilines is 3. The molecule has 5 rings (SSSR count). The number of nitrogen functional groups attached to an aromatic ring is 1. The van der Waals surface area contributed by atoms with Crippen LogP contribution in [0.5, 0.6) is 5.75 Å². The minimum absolute atomic E-state index is 0.121. The number of hydrogen-bond acceptors (Lipinski definition) is 8. The van der Waals surface area contributed by atoms with Gasteiger partial charge in [-0.2, -0.15) is 0 Å². The maximum absolute atomic E-state index is 13.8. The van der Waals surface area contributed by atoms with Crippen LogP contribution in [0.25, 0.3) is 0 Å². The van der Waals surface area contributed by atoms with Gasteiger partial charge in [0.15, 0.2) is 5.75 Å². The number of rotatable bonds is 10. The van der Waals surface area contributed by atoms with Gasteiger partial charge in [-0.1, -0.05) is 37.3 Å². The van der Waals surface area contributed by atoms with Gasteiger partial charge in [0.1, 0.15) is 6.10 Å². The Morgan fingerprint density at radius 3 is 2.30 bits per heavy atom. The quantitative estimate of drug-likeness (QED) is 0.186. The molecule has 0 unspecified atom stereocenters. The van der Waals surface area contributed by atoms with Crippen LogP contribution in [0, 0.1) is 5.92 Å². The highest BCUT2D eigenvalue weighted by Crippen LogP contribution is 2.35. The lowest BCUT2D eigenvalue weighted by molar-refractivity contribution is 0.0343. The van der Waals surface area contributed by atoms with Gasteiger partial charge in [-0.25, -0.2) is 0 Å². The largest absolute Gasteiger partial charge is 0.486 e. The second-order valence-corrected chi connectivity index (χ2v) is 11.9. The lowest BCUT2D eigenvalue weighted by Crippen LogP contribution is -2.49. The maximum Gasteiger partial charge on any atom is 0.258 e. The zero-order valence-electron chi connectivity index (χ0n) is 26.7. The molecule has 2 heterocycles. The molecule has 11 heteroatoms. The van der Waals surface area contributed by atoms with Crippen LogP contribution < -0.4 is 21.1 Å². The van der Waals surface area contributed by atoms with Crippen molar-refractivity contribution in [2.75, 3.05) is 43.1 Å². The van der Waals surface area contributed by atoms with Crippen LogP contribution >= 0.6 is 0 Å². The molecule has 1 aliphatic heterocycles. The topological polar surface area (TPSA) is 150 Å². The molecule has 1 aliphatic rings. The number of aliphatic hydroxyl groups excluding tert-OH is 1. The predicted molar refractivity (Wildman–Crippen MR) is 181 cm³/mol. The number of aliphatic hydroxyl groups is 1. The van der Waals surface area contributed by atoms with Crippen molar-refractivity contribution in [3.05, 3.63) is 114 Å². The number of carbonyl (C=O) groups is 3. The SMILES string of the molecule is C[C@@H]1CN([C@H](C)CO)C(=O)c2cccc(NC(=O)c3ccncc3)c2O[C@H]1CN(C)Cc1ccc(C(=O)Nc2ccccc2N)cc1. The molecule has 1 aromatic heterocycles. The number of benzene rings is 3. The summed E-state index contributed by atoms with van der Waals surface area (Å²) in [4.78, 5) is 47.4. The highest BCUT2D eigenvalue weighted by Gasteiger charge is 2.34. The van der Waals surface area contributed by atoms with Crippen molar-refractivity contribution in [1.29, 1.82) is 0 Å². The first-order chi connectivity index (χ1) is 22.6. The summed E-state index contributed by atoms with van der Waals surface area (Å²) in [6, 6.07) is 22.4. The molecule has 0 radical (unpaired) electrons. The van der Waals surface area contributed by atoms with Crippen LogP contribution in [0.2, 0.25) is 0 Å². The molecule has 11 nitrogen and oxygen atoms in total. The van der Waals surface area contributed by atoms with E-state index in [1.807, 2.05) is 45.2 Å². The van der Waals surface area contributed by atoms with Gasteiger partial charge in [-0.15, -0.1) is 0 Å². The summed E-state index contributed by atoms with van der Waals surface area (Å²) in [7, 11) is 1.98. The van der Waals surface area contributed by atoms with Crippen LogP contribution in [-0.4, -0.2) is 76.5 Å². The first kappa shape index (κ1) is 33.1. The van der Waals surface area contributed by atoms with E-state index in [9.17, 15) is 19.5 Å². The van der Waals surface area contributed by atoms with E-state index in [2.05, 4.69) is 20.5 Å². The molecule has 4 aromatic rings. The summed E-state index contributed by atoms with van der Waals surface area (Å²) in [6.45, 7) is 5.08. The number of para-hydroxylation sites is 3. The van der Waals surface area contributed by atoms with Gasteiger partial charge in [0.05, 0.1) is 35.3 Å². The summed E-state index contributed by atoms with van der Waals surface area (Å²) in [5, 5.41) is 15.7. The number of hydrogen-bond donors (Lipinski definition) is 4. The van der Waals surface area contributed by atoms with Crippen LogP contribution in [0.3, 0.4) is 0 Å². The van der Waals surface area contributed by atoms with Crippen molar-refractivity contribution < 1.29 is 24.2 Å². The summed E-state index contributed by atoms with van der Waals surface area (Å²) in [6.07, 6.45) is 2.70. The van der Waals surface area contributed by atoms with Crippen molar-refractivity contribution in [3.63, 3.8) is 0 Å². The van der Waals surface area contributed by atoms with E-state index >= 15 is 0 Å². The third-order valence-electron chi connectivity index (χ3n) is 8.25. The molecule has 244 valence electrons. The number of aromatic nitrogens is 1. The highest BCUT2D eigenvalue weighted by atomic mass is 16.5. The minimum Gasteiger partial charge on any atom is -0.486 e. The standard InChI is InChI=1S/C36H40N6O5/c1-23-19-42(24(2)22-43)36(46)28-7-6-10-31(40-35(45)27-15-17-38-18-16-27)33(28)47-32(23)21-41(3)20-25-11-13-26(14-12-25)34(44)39-30-9-5-4-8-29(30)37/h4-18,23-24,32,43H,19-22,37H2,1-3H3,(H,39,44)(H,40,45)/t23-,24-,32+/m1/s1. The Morgan fingerprint density at radius 1 is 0.979 bits per heavy atom. The number of nitrogens with zero attached hydrogens (tertiary/aromatic N) is 3. The van der Waals surface area contributed by atoms with Gasteiger partial charge in [0.2, 0.25) is 0 Å². The van der Waals surface area contributed by atoms with E-state index in [-0.39, 0.29) is 42.1 Å². The number of ether oxygens (including phenoxy) is 1. The maximum atomic E-state index is 13.8.